The average Bonchev–Trinajstić information content (AvgIpc) is 3.04. The SMILES string of the molecule is CC[C@H](C)NC(=O)[C@@H](Cc1ccccc1)N(Cc1ccc(Cl)cc1Cl)C(=O)CN(c1ccc(C)c(C)c1)S(=O)(=O)c1ccc(Cl)cc1. The van der Waals surface area contributed by atoms with E-state index in [-0.39, 0.29) is 29.8 Å². The molecule has 0 heterocycles. The van der Waals surface area contributed by atoms with Gasteiger partial charge in [0.25, 0.3) is 10.0 Å². The zero-order valence-electron chi connectivity index (χ0n) is 26.7. The molecule has 4 aromatic carbocycles. The number of amides is 2. The molecule has 2 atom stereocenters. The topological polar surface area (TPSA) is 86.8 Å². The van der Waals surface area contributed by atoms with Crippen molar-refractivity contribution in [3.8, 4) is 0 Å². The van der Waals surface area contributed by atoms with Crippen LogP contribution in [0.4, 0.5) is 5.69 Å². The van der Waals surface area contributed by atoms with E-state index in [1.54, 1.807) is 30.3 Å². The van der Waals surface area contributed by atoms with Crippen LogP contribution in [0, 0.1) is 13.8 Å². The molecule has 4 aromatic rings. The van der Waals surface area contributed by atoms with E-state index < -0.39 is 28.5 Å². The zero-order valence-corrected chi connectivity index (χ0v) is 29.8. The summed E-state index contributed by atoms with van der Waals surface area (Å²) in [5, 5.41) is 4.13. The number of anilines is 1. The number of carbonyl (C=O) groups is 2. The van der Waals surface area contributed by atoms with E-state index in [0.717, 1.165) is 21.0 Å². The minimum atomic E-state index is -4.26. The highest BCUT2D eigenvalue weighted by molar-refractivity contribution is 7.92. The van der Waals surface area contributed by atoms with Crippen LogP contribution < -0.4 is 9.62 Å². The van der Waals surface area contributed by atoms with Crippen LogP contribution in [0.25, 0.3) is 0 Å². The standard InChI is InChI=1S/C36H38Cl3N3O4S/c1-5-26(4)40-36(44)34(20-27-9-7-6-8-10-27)41(22-28-12-13-30(38)21-33(28)39)35(43)23-42(31-16-11-24(2)25(3)19-31)47(45,46)32-17-14-29(37)15-18-32/h6-19,21,26,34H,5,20,22-23H2,1-4H3,(H,40,44)/t26-,34+/m0/s1. The van der Waals surface area contributed by atoms with Gasteiger partial charge >= 0.3 is 0 Å². The molecule has 4 rings (SSSR count). The fourth-order valence-corrected chi connectivity index (χ4v) is 6.97. The Morgan fingerprint density at radius 3 is 2.11 bits per heavy atom. The van der Waals surface area contributed by atoms with Crippen LogP contribution >= 0.6 is 34.8 Å². The lowest BCUT2D eigenvalue weighted by Crippen LogP contribution is -2.54. The maximum Gasteiger partial charge on any atom is 0.264 e. The summed E-state index contributed by atoms with van der Waals surface area (Å²) < 4.78 is 29.5. The van der Waals surface area contributed by atoms with E-state index in [0.29, 0.717) is 32.7 Å². The molecule has 0 aliphatic carbocycles. The second-order valence-electron chi connectivity index (χ2n) is 11.5. The number of carbonyl (C=O) groups excluding carboxylic acids is 2. The molecule has 0 aliphatic rings. The van der Waals surface area contributed by atoms with Gasteiger partial charge in [-0.2, -0.15) is 0 Å². The number of benzene rings is 4. The fraction of sp³-hybridized carbons (Fsp3) is 0.278. The van der Waals surface area contributed by atoms with Crippen molar-refractivity contribution < 1.29 is 18.0 Å². The Labute approximate surface area is 292 Å². The van der Waals surface area contributed by atoms with Gasteiger partial charge in [-0.3, -0.25) is 13.9 Å². The normalized spacial score (nSPS) is 12.7. The first-order valence-corrected chi connectivity index (χ1v) is 17.8. The third kappa shape index (κ3) is 9.29. The largest absolute Gasteiger partial charge is 0.352 e. The van der Waals surface area contributed by atoms with Crippen LogP contribution in [0.5, 0.6) is 0 Å². The van der Waals surface area contributed by atoms with Gasteiger partial charge in [-0.1, -0.05) is 84.2 Å². The van der Waals surface area contributed by atoms with Crippen LogP contribution in [0.1, 0.15) is 42.5 Å². The van der Waals surface area contributed by atoms with Crippen molar-refractivity contribution in [1.82, 2.24) is 10.2 Å². The summed E-state index contributed by atoms with van der Waals surface area (Å²) in [6.07, 6.45) is 0.869. The van der Waals surface area contributed by atoms with E-state index in [4.69, 9.17) is 34.8 Å². The van der Waals surface area contributed by atoms with E-state index in [1.165, 1.54) is 29.2 Å². The summed E-state index contributed by atoms with van der Waals surface area (Å²) in [5.74, 6) is -0.952. The van der Waals surface area contributed by atoms with Gasteiger partial charge in [0.2, 0.25) is 11.8 Å². The first-order chi connectivity index (χ1) is 22.3. The molecule has 248 valence electrons. The van der Waals surface area contributed by atoms with Crippen molar-refractivity contribution in [1.29, 1.82) is 0 Å². The Bertz CT molecular complexity index is 1820. The predicted octanol–water partition coefficient (Wildman–Crippen LogP) is 8.01. The molecule has 1 N–H and O–H groups in total. The fourth-order valence-electron chi connectivity index (χ4n) is 4.97. The van der Waals surface area contributed by atoms with E-state index >= 15 is 0 Å². The van der Waals surface area contributed by atoms with E-state index in [1.807, 2.05) is 64.1 Å². The number of nitrogens with zero attached hydrogens (tertiary/aromatic N) is 2. The summed E-state index contributed by atoms with van der Waals surface area (Å²) in [7, 11) is -4.26. The Morgan fingerprint density at radius 2 is 1.49 bits per heavy atom. The Morgan fingerprint density at radius 1 is 0.830 bits per heavy atom. The lowest BCUT2D eigenvalue weighted by Gasteiger charge is -2.34. The van der Waals surface area contributed by atoms with Gasteiger partial charge in [0.05, 0.1) is 10.6 Å². The maximum absolute atomic E-state index is 14.6. The maximum atomic E-state index is 14.6. The molecular weight excluding hydrogens is 677 g/mol. The number of sulfonamides is 1. The minimum Gasteiger partial charge on any atom is -0.352 e. The molecule has 0 aliphatic heterocycles. The lowest BCUT2D eigenvalue weighted by atomic mass is 10.0. The highest BCUT2D eigenvalue weighted by atomic mass is 35.5. The minimum absolute atomic E-state index is 0.0319. The van der Waals surface area contributed by atoms with Crippen molar-refractivity contribution in [2.45, 2.75) is 64.1 Å². The van der Waals surface area contributed by atoms with Crippen LogP contribution in [0.2, 0.25) is 15.1 Å². The van der Waals surface area contributed by atoms with Crippen LogP contribution in [0.15, 0.2) is 95.9 Å². The molecule has 2 amide bonds. The number of nitrogens with one attached hydrogen (secondary N) is 1. The van der Waals surface area contributed by atoms with Gasteiger partial charge < -0.3 is 10.2 Å². The number of hydrogen-bond donors (Lipinski definition) is 1. The van der Waals surface area contributed by atoms with Crippen molar-refractivity contribution in [3.63, 3.8) is 0 Å². The van der Waals surface area contributed by atoms with Gasteiger partial charge in [-0.05, 0) is 98.0 Å². The Kier molecular flexibility index (Phi) is 12.4. The van der Waals surface area contributed by atoms with E-state index in [2.05, 4.69) is 5.32 Å². The van der Waals surface area contributed by atoms with Gasteiger partial charge in [0, 0.05) is 34.1 Å². The van der Waals surface area contributed by atoms with Crippen molar-refractivity contribution in [2.24, 2.45) is 0 Å². The predicted molar refractivity (Wildman–Crippen MR) is 191 cm³/mol. The Balaban J connectivity index is 1.85. The van der Waals surface area contributed by atoms with Crippen molar-refractivity contribution in [3.05, 3.63) is 128 Å². The second-order valence-corrected chi connectivity index (χ2v) is 14.7. The third-order valence-electron chi connectivity index (χ3n) is 8.09. The lowest BCUT2D eigenvalue weighted by molar-refractivity contribution is -0.140. The first-order valence-electron chi connectivity index (χ1n) is 15.2. The van der Waals surface area contributed by atoms with Gasteiger partial charge in [0.1, 0.15) is 12.6 Å². The number of aryl methyl sites for hydroxylation is 2. The summed E-state index contributed by atoms with van der Waals surface area (Å²) in [6, 6.07) is 24.1. The molecule has 0 bridgehead atoms. The van der Waals surface area contributed by atoms with Crippen LogP contribution in [-0.2, 0) is 32.6 Å². The molecule has 11 heteroatoms. The van der Waals surface area contributed by atoms with Gasteiger partial charge in [0.15, 0.2) is 0 Å². The zero-order chi connectivity index (χ0) is 34.3. The van der Waals surface area contributed by atoms with Crippen LogP contribution in [-0.4, -0.2) is 43.8 Å². The molecule has 47 heavy (non-hydrogen) atoms. The van der Waals surface area contributed by atoms with Crippen molar-refractivity contribution in [2.75, 3.05) is 10.8 Å². The van der Waals surface area contributed by atoms with Gasteiger partial charge in [-0.25, -0.2) is 8.42 Å². The smallest absolute Gasteiger partial charge is 0.264 e. The average molecular weight is 715 g/mol. The molecule has 0 spiro atoms. The third-order valence-corrected chi connectivity index (χ3v) is 10.7. The number of rotatable bonds is 13. The number of halogens is 3. The quantitative estimate of drug-likeness (QED) is 0.152. The monoisotopic (exact) mass is 713 g/mol. The molecular formula is C36H38Cl3N3O4S. The molecule has 0 fully saturated rings. The summed E-state index contributed by atoms with van der Waals surface area (Å²) in [6.45, 7) is 6.99. The van der Waals surface area contributed by atoms with E-state index in [9.17, 15) is 18.0 Å². The Hall–Kier alpha value is -3.56. The molecule has 0 unspecified atom stereocenters. The molecule has 7 nitrogen and oxygen atoms in total. The number of hydrogen-bond acceptors (Lipinski definition) is 4. The molecule has 0 radical (unpaired) electrons. The highest BCUT2D eigenvalue weighted by Crippen LogP contribution is 2.29. The summed E-state index contributed by atoms with van der Waals surface area (Å²) >= 11 is 18.8. The van der Waals surface area contributed by atoms with Gasteiger partial charge in [-0.15, -0.1) is 0 Å². The first kappa shape index (κ1) is 36.3. The summed E-state index contributed by atoms with van der Waals surface area (Å²) in [5.41, 5.74) is 3.51. The molecule has 0 saturated heterocycles. The molecule has 0 aromatic heterocycles. The summed E-state index contributed by atoms with van der Waals surface area (Å²) in [4.78, 5) is 30.0. The van der Waals surface area contributed by atoms with Crippen LogP contribution in [0.3, 0.4) is 0 Å². The molecule has 0 saturated carbocycles. The highest BCUT2D eigenvalue weighted by Gasteiger charge is 2.35. The van der Waals surface area contributed by atoms with Crippen molar-refractivity contribution >= 4 is 62.3 Å². The second kappa shape index (κ2) is 16.0.